The average molecular weight is 287 g/mol. The minimum absolute atomic E-state index is 0.105. The van der Waals surface area contributed by atoms with Crippen LogP contribution in [0.15, 0.2) is 30.3 Å². The van der Waals surface area contributed by atoms with Crippen molar-refractivity contribution in [2.24, 2.45) is 11.8 Å². The zero-order chi connectivity index (χ0) is 15.0. The molecule has 2 bridgehead atoms. The maximum absolute atomic E-state index is 11.4. The van der Waals surface area contributed by atoms with Crippen LogP contribution in [0.1, 0.15) is 37.7 Å². The molecule has 0 aromatic heterocycles. The number of hydrogen-bond donors (Lipinski definition) is 0. The van der Waals surface area contributed by atoms with Gasteiger partial charge < -0.3 is 9.64 Å². The quantitative estimate of drug-likeness (QED) is 0.800. The van der Waals surface area contributed by atoms with Crippen LogP contribution in [0.4, 0.5) is 0 Å². The zero-order valence-corrected chi connectivity index (χ0v) is 13.2. The lowest BCUT2D eigenvalue weighted by Gasteiger charge is -2.54. The van der Waals surface area contributed by atoms with Gasteiger partial charge in [0.1, 0.15) is 6.10 Å². The van der Waals surface area contributed by atoms with Crippen LogP contribution in [0.3, 0.4) is 0 Å². The molecule has 3 aliphatic rings. The predicted octanol–water partition coefficient (Wildman–Crippen LogP) is 3.06. The smallest absolute Gasteiger partial charge is 0.302 e. The Morgan fingerprint density at radius 2 is 1.90 bits per heavy atom. The van der Waals surface area contributed by atoms with E-state index in [1.807, 2.05) is 0 Å². The minimum Gasteiger partial charge on any atom is -0.462 e. The van der Waals surface area contributed by atoms with Gasteiger partial charge in [-0.1, -0.05) is 30.3 Å². The third kappa shape index (κ3) is 2.71. The SMILES string of the molecule is CC(=O)O[C@H]1C[C@@H]2CC[C@H]1[C@@H](N(C)C)[C@@H]2c1ccccc1. The van der Waals surface area contributed by atoms with Gasteiger partial charge in [-0.25, -0.2) is 0 Å². The Balaban J connectivity index is 1.91. The zero-order valence-electron chi connectivity index (χ0n) is 13.2. The molecule has 0 heterocycles. The van der Waals surface area contributed by atoms with Gasteiger partial charge in [-0.15, -0.1) is 0 Å². The molecule has 21 heavy (non-hydrogen) atoms. The van der Waals surface area contributed by atoms with Crippen LogP contribution >= 0.6 is 0 Å². The number of hydrogen-bond acceptors (Lipinski definition) is 3. The molecule has 4 rings (SSSR count). The Morgan fingerprint density at radius 3 is 2.52 bits per heavy atom. The number of ether oxygens (including phenoxy) is 1. The lowest BCUT2D eigenvalue weighted by atomic mass is 9.58. The van der Waals surface area contributed by atoms with Crippen molar-refractivity contribution >= 4 is 5.97 Å². The van der Waals surface area contributed by atoms with Crippen molar-refractivity contribution in [1.82, 2.24) is 4.90 Å². The summed E-state index contributed by atoms with van der Waals surface area (Å²) in [6.45, 7) is 1.53. The van der Waals surface area contributed by atoms with Crippen LogP contribution in [0, 0.1) is 11.8 Å². The molecule has 3 heteroatoms. The van der Waals surface area contributed by atoms with E-state index in [9.17, 15) is 4.79 Å². The fourth-order valence-corrected chi connectivity index (χ4v) is 4.64. The van der Waals surface area contributed by atoms with Crippen molar-refractivity contribution in [3.63, 3.8) is 0 Å². The molecule has 0 aliphatic heterocycles. The standard InChI is InChI=1S/C18H25NO2/c1-12(20)21-16-11-14-9-10-15(16)18(19(2)3)17(14)13-7-5-4-6-8-13/h4-8,14-18H,9-11H2,1-3H3/t14-,15+,16-,17+,18+/m0/s1. The normalized spacial score (nSPS) is 35.0. The summed E-state index contributed by atoms with van der Waals surface area (Å²) in [5.41, 5.74) is 1.44. The summed E-state index contributed by atoms with van der Waals surface area (Å²) < 4.78 is 5.62. The highest BCUT2D eigenvalue weighted by atomic mass is 16.5. The van der Waals surface area contributed by atoms with Crippen molar-refractivity contribution in [2.45, 2.75) is 44.2 Å². The highest BCUT2D eigenvalue weighted by Gasteiger charge is 2.51. The first kappa shape index (κ1) is 14.6. The topological polar surface area (TPSA) is 29.5 Å². The summed E-state index contributed by atoms with van der Waals surface area (Å²) in [5, 5.41) is 0. The minimum atomic E-state index is -0.138. The van der Waals surface area contributed by atoms with E-state index in [1.165, 1.54) is 25.3 Å². The van der Waals surface area contributed by atoms with E-state index in [0.717, 1.165) is 6.42 Å². The van der Waals surface area contributed by atoms with Gasteiger partial charge in [-0.2, -0.15) is 0 Å². The first-order valence-corrected chi connectivity index (χ1v) is 7.96. The molecule has 0 spiro atoms. The molecule has 1 aromatic carbocycles. The van der Waals surface area contributed by atoms with Gasteiger partial charge in [-0.3, -0.25) is 4.79 Å². The van der Waals surface area contributed by atoms with Gasteiger partial charge in [0.25, 0.3) is 0 Å². The largest absolute Gasteiger partial charge is 0.462 e. The van der Waals surface area contributed by atoms with Crippen LogP contribution in [-0.4, -0.2) is 37.1 Å². The predicted molar refractivity (Wildman–Crippen MR) is 83.0 cm³/mol. The Hall–Kier alpha value is -1.35. The molecule has 0 amide bonds. The van der Waals surface area contributed by atoms with E-state index >= 15 is 0 Å². The second-order valence-electron chi connectivity index (χ2n) is 6.78. The molecule has 5 atom stereocenters. The Bertz CT molecular complexity index is 499. The van der Waals surface area contributed by atoms with E-state index in [-0.39, 0.29) is 12.1 Å². The molecular formula is C18H25NO2. The summed E-state index contributed by atoms with van der Waals surface area (Å²) in [5.74, 6) is 1.50. The Labute approximate surface area is 127 Å². The fourth-order valence-electron chi connectivity index (χ4n) is 4.64. The van der Waals surface area contributed by atoms with Crippen LogP contribution in [0.5, 0.6) is 0 Å². The molecule has 3 aliphatic carbocycles. The van der Waals surface area contributed by atoms with E-state index in [4.69, 9.17) is 4.74 Å². The molecule has 3 saturated carbocycles. The van der Waals surface area contributed by atoms with Crippen molar-refractivity contribution in [2.75, 3.05) is 14.1 Å². The molecule has 3 fully saturated rings. The Morgan fingerprint density at radius 1 is 1.19 bits per heavy atom. The van der Waals surface area contributed by atoms with Gasteiger partial charge in [0, 0.05) is 24.8 Å². The molecule has 3 nitrogen and oxygen atoms in total. The second-order valence-corrected chi connectivity index (χ2v) is 6.78. The lowest BCUT2D eigenvalue weighted by Crippen LogP contribution is -2.56. The van der Waals surface area contributed by atoms with Gasteiger partial charge in [0.05, 0.1) is 0 Å². The summed E-state index contributed by atoms with van der Waals surface area (Å²) in [4.78, 5) is 13.7. The number of esters is 1. The second kappa shape index (κ2) is 5.80. The Kier molecular flexibility index (Phi) is 4.03. The summed E-state index contributed by atoms with van der Waals surface area (Å²) in [7, 11) is 4.32. The van der Waals surface area contributed by atoms with Crippen LogP contribution in [0.2, 0.25) is 0 Å². The first-order valence-electron chi connectivity index (χ1n) is 7.96. The summed E-state index contributed by atoms with van der Waals surface area (Å²) in [6, 6.07) is 11.3. The number of nitrogens with zero attached hydrogens (tertiary/aromatic N) is 1. The van der Waals surface area contributed by atoms with Crippen LogP contribution in [-0.2, 0) is 9.53 Å². The fraction of sp³-hybridized carbons (Fsp3) is 0.611. The van der Waals surface area contributed by atoms with Gasteiger partial charge in [-0.05, 0) is 44.8 Å². The number of rotatable bonds is 3. The van der Waals surface area contributed by atoms with Gasteiger partial charge >= 0.3 is 5.97 Å². The summed E-state index contributed by atoms with van der Waals surface area (Å²) in [6.07, 6.45) is 3.56. The van der Waals surface area contributed by atoms with Gasteiger partial charge in [0.2, 0.25) is 0 Å². The first-order chi connectivity index (χ1) is 10.1. The van der Waals surface area contributed by atoms with E-state index in [2.05, 4.69) is 49.3 Å². The van der Waals surface area contributed by atoms with Crippen LogP contribution in [0.25, 0.3) is 0 Å². The third-order valence-electron chi connectivity index (χ3n) is 5.30. The van der Waals surface area contributed by atoms with Crippen molar-refractivity contribution < 1.29 is 9.53 Å². The van der Waals surface area contributed by atoms with E-state index in [1.54, 1.807) is 0 Å². The molecular weight excluding hydrogens is 262 g/mol. The number of carbonyl (C=O) groups excluding carboxylic acids is 1. The number of benzene rings is 1. The third-order valence-corrected chi connectivity index (χ3v) is 5.30. The maximum Gasteiger partial charge on any atom is 0.302 e. The number of carbonyl (C=O) groups is 1. The number of fused-ring (bicyclic) bond motifs is 3. The average Bonchev–Trinajstić information content (AvgIpc) is 2.47. The van der Waals surface area contributed by atoms with Crippen molar-refractivity contribution in [3.8, 4) is 0 Å². The van der Waals surface area contributed by atoms with Crippen molar-refractivity contribution in [1.29, 1.82) is 0 Å². The molecule has 0 N–H and O–H groups in total. The molecule has 0 radical (unpaired) electrons. The molecule has 1 aromatic rings. The van der Waals surface area contributed by atoms with Gasteiger partial charge in [0.15, 0.2) is 0 Å². The molecule has 0 saturated heterocycles. The highest BCUT2D eigenvalue weighted by molar-refractivity contribution is 5.66. The maximum atomic E-state index is 11.4. The lowest BCUT2D eigenvalue weighted by molar-refractivity contribution is -0.160. The summed E-state index contributed by atoms with van der Waals surface area (Å²) >= 11 is 0. The van der Waals surface area contributed by atoms with Crippen LogP contribution < -0.4 is 0 Å². The molecule has 0 unspecified atom stereocenters. The van der Waals surface area contributed by atoms with E-state index in [0.29, 0.717) is 23.8 Å². The van der Waals surface area contributed by atoms with E-state index < -0.39 is 0 Å². The molecule has 114 valence electrons. The number of likely N-dealkylation sites (N-methyl/N-ethyl adjacent to an activating group) is 1. The highest BCUT2D eigenvalue weighted by Crippen LogP contribution is 2.52. The van der Waals surface area contributed by atoms with Crippen molar-refractivity contribution in [3.05, 3.63) is 35.9 Å². The monoisotopic (exact) mass is 287 g/mol.